The lowest BCUT2D eigenvalue weighted by Crippen LogP contribution is -2.52. The lowest BCUT2D eigenvalue weighted by Gasteiger charge is -2.36. The molecule has 0 saturated carbocycles. The van der Waals surface area contributed by atoms with Crippen molar-refractivity contribution in [1.82, 2.24) is 10.2 Å². The van der Waals surface area contributed by atoms with Crippen LogP contribution in [0, 0.1) is 0 Å². The molecule has 0 spiro atoms. The molecule has 2 aliphatic heterocycles. The number of ketones is 1. The van der Waals surface area contributed by atoms with E-state index >= 15 is 0 Å². The van der Waals surface area contributed by atoms with Gasteiger partial charge in [0.1, 0.15) is 6.10 Å². The SMILES string of the molecule is O=C(NCC(=O)N1CCN(c2ccccc2Cl)CC1)C(=O)C1CCCO1. The van der Waals surface area contributed by atoms with Gasteiger partial charge in [0.05, 0.1) is 17.3 Å². The molecule has 2 heterocycles. The predicted molar refractivity (Wildman–Crippen MR) is 97.2 cm³/mol. The number of nitrogens with one attached hydrogen (secondary N) is 1. The van der Waals surface area contributed by atoms with Gasteiger partial charge in [-0.15, -0.1) is 0 Å². The monoisotopic (exact) mass is 379 g/mol. The Kier molecular flexibility index (Phi) is 6.11. The van der Waals surface area contributed by atoms with Crippen LogP contribution in [0.25, 0.3) is 0 Å². The first-order chi connectivity index (χ1) is 12.6. The highest BCUT2D eigenvalue weighted by Crippen LogP contribution is 2.25. The van der Waals surface area contributed by atoms with Crippen molar-refractivity contribution in [3.63, 3.8) is 0 Å². The summed E-state index contributed by atoms with van der Waals surface area (Å²) in [5.41, 5.74) is 0.955. The molecule has 0 aliphatic carbocycles. The Morgan fingerprint density at radius 2 is 1.88 bits per heavy atom. The third-order valence-corrected chi connectivity index (χ3v) is 4.99. The summed E-state index contributed by atoms with van der Waals surface area (Å²) in [5, 5.41) is 3.10. The van der Waals surface area contributed by atoms with Crippen LogP contribution in [0.1, 0.15) is 12.8 Å². The fourth-order valence-corrected chi connectivity index (χ4v) is 3.45. The number of piperazine rings is 1. The number of carbonyl (C=O) groups is 3. The molecule has 1 N–H and O–H groups in total. The molecule has 2 aliphatic rings. The quantitative estimate of drug-likeness (QED) is 0.767. The zero-order chi connectivity index (χ0) is 18.5. The molecule has 140 valence electrons. The third kappa shape index (κ3) is 4.34. The number of amides is 2. The van der Waals surface area contributed by atoms with Crippen LogP contribution in [-0.4, -0.2) is 67.9 Å². The lowest BCUT2D eigenvalue weighted by molar-refractivity contribution is -0.144. The molecule has 2 fully saturated rings. The Hall–Kier alpha value is -2.12. The predicted octanol–water partition coefficient (Wildman–Crippen LogP) is 0.853. The molecule has 0 radical (unpaired) electrons. The number of carbonyl (C=O) groups excluding carboxylic acids is 3. The highest BCUT2D eigenvalue weighted by atomic mass is 35.5. The molecule has 3 rings (SSSR count). The van der Waals surface area contributed by atoms with Gasteiger partial charge in [0.15, 0.2) is 0 Å². The van der Waals surface area contributed by atoms with Crippen LogP contribution in [0.4, 0.5) is 5.69 Å². The number of para-hydroxylation sites is 1. The number of Topliss-reactive ketones (excluding diaryl/α,β-unsaturated/α-hetero) is 1. The topological polar surface area (TPSA) is 79.0 Å². The zero-order valence-electron chi connectivity index (χ0n) is 14.4. The number of halogens is 1. The summed E-state index contributed by atoms with van der Waals surface area (Å²) in [6.07, 6.45) is 0.673. The molecular weight excluding hydrogens is 358 g/mol. The largest absolute Gasteiger partial charge is 0.370 e. The maximum Gasteiger partial charge on any atom is 0.290 e. The number of anilines is 1. The summed E-state index contributed by atoms with van der Waals surface area (Å²) < 4.78 is 5.20. The first-order valence-electron chi connectivity index (χ1n) is 8.77. The minimum Gasteiger partial charge on any atom is -0.370 e. The van der Waals surface area contributed by atoms with Crippen molar-refractivity contribution in [2.45, 2.75) is 18.9 Å². The average molecular weight is 380 g/mol. The van der Waals surface area contributed by atoms with Crippen molar-refractivity contribution in [1.29, 1.82) is 0 Å². The van der Waals surface area contributed by atoms with E-state index in [0.717, 1.165) is 12.1 Å². The van der Waals surface area contributed by atoms with Crippen molar-refractivity contribution < 1.29 is 19.1 Å². The molecule has 1 atom stereocenters. The molecule has 1 unspecified atom stereocenters. The molecule has 1 aromatic carbocycles. The first kappa shape index (κ1) is 18.7. The van der Waals surface area contributed by atoms with Crippen LogP contribution in [0.15, 0.2) is 24.3 Å². The standard InChI is InChI=1S/C18H22ClN3O4/c19-13-4-1-2-5-14(13)21-7-9-22(10-8-21)16(23)12-20-18(25)17(24)15-6-3-11-26-15/h1-2,4-5,15H,3,6-12H2,(H,20,25). The van der Waals surface area contributed by atoms with E-state index in [1.807, 2.05) is 24.3 Å². The van der Waals surface area contributed by atoms with E-state index in [2.05, 4.69) is 10.2 Å². The fourth-order valence-electron chi connectivity index (χ4n) is 3.19. The summed E-state index contributed by atoms with van der Waals surface area (Å²) in [5.74, 6) is -1.55. The Morgan fingerprint density at radius 3 is 2.54 bits per heavy atom. The minimum atomic E-state index is -0.750. The number of rotatable bonds is 5. The number of ether oxygens (including phenoxy) is 1. The molecule has 1 aromatic rings. The van der Waals surface area contributed by atoms with Gasteiger partial charge in [-0.25, -0.2) is 0 Å². The molecule has 0 bridgehead atoms. The van der Waals surface area contributed by atoms with E-state index < -0.39 is 17.8 Å². The van der Waals surface area contributed by atoms with Crippen molar-refractivity contribution in [2.75, 3.05) is 44.2 Å². The zero-order valence-corrected chi connectivity index (χ0v) is 15.2. The van der Waals surface area contributed by atoms with Gasteiger partial charge in [-0.2, -0.15) is 0 Å². The highest BCUT2D eigenvalue weighted by Gasteiger charge is 2.30. The summed E-state index contributed by atoms with van der Waals surface area (Å²) in [4.78, 5) is 39.8. The lowest BCUT2D eigenvalue weighted by atomic mass is 10.1. The summed E-state index contributed by atoms with van der Waals surface area (Å²) in [6, 6.07) is 7.61. The second kappa shape index (κ2) is 8.51. The normalized spacial score (nSPS) is 20.1. The van der Waals surface area contributed by atoms with Crippen LogP contribution < -0.4 is 10.2 Å². The molecular formula is C18H22ClN3O4. The van der Waals surface area contributed by atoms with Crippen LogP contribution in [0.3, 0.4) is 0 Å². The van der Waals surface area contributed by atoms with Gasteiger partial charge >= 0.3 is 0 Å². The van der Waals surface area contributed by atoms with Gasteiger partial charge in [0, 0.05) is 32.8 Å². The molecule has 2 amide bonds. The van der Waals surface area contributed by atoms with E-state index in [-0.39, 0.29) is 12.5 Å². The van der Waals surface area contributed by atoms with Gasteiger partial charge in [-0.3, -0.25) is 14.4 Å². The summed E-state index contributed by atoms with van der Waals surface area (Å²) in [7, 11) is 0. The Labute approximate surface area is 157 Å². The van der Waals surface area contributed by atoms with Crippen molar-refractivity contribution in [3.05, 3.63) is 29.3 Å². The van der Waals surface area contributed by atoms with Crippen LogP contribution >= 0.6 is 11.6 Å². The third-order valence-electron chi connectivity index (χ3n) is 4.67. The molecule has 26 heavy (non-hydrogen) atoms. The summed E-state index contributed by atoms with van der Waals surface area (Å²) in [6.45, 7) is 2.73. The first-order valence-corrected chi connectivity index (χ1v) is 9.15. The maximum atomic E-state index is 12.3. The van der Waals surface area contributed by atoms with Gasteiger partial charge in [-0.05, 0) is 25.0 Å². The number of hydrogen-bond donors (Lipinski definition) is 1. The van der Waals surface area contributed by atoms with Crippen LogP contribution in [0.5, 0.6) is 0 Å². The van der Waals surface area contributed by atoms with Gasteiger partial charge in [-0.1, -0.05) is 23.7 Å². The Balaban J connectivity index is 1.44. The summed E-state index contributed by atoms with van der Waals surface area (Å²) >= 11 is 6.21. The van der Waals surface area contributed by atoms with Crippen molar-refractivity contribution >= 4 is 34.9 Å². The van der Waals surface area contributed by atoms with E-state index in [4.69, 9.17) is 16.3 Å². The molecule has 0 aromatic heterocycles. The number of benzene rings is 1. The second-order valence-corrected chi connectivity index (χ2v) is 6.78. The van der Waals surface area contributed by atoms with Crippen LogP contribution in [-0.2, 0) is 19.1 Å². The van der Waals surface area contributed by atoms with Crippen molar-refractivity contribution in [3.8, 4) is 0 Å². The Morgan fingerprint density at radius 1 is 1.15 bits per heavy atom. The molecule has 8 heteroatoms. The molecule has 2 saturated heterocycles. The maximum absolute atomic E-state index is 12.3. The van der Waals surface area contributed by atoms with E-state index in [1.54, 1.807) is 4.90 Å². The van der Waals surface area contributed by atoms with Crippen molar-refractivity contribution in [2.24, 2.45) is 0 Å². The van der Waals surface area contributed by atoms with E-state index in [1.165, 1.54) is 0 Å². The number of nitrogens with zero attached hydrogens (tertiary/aromatic N) is 2. The number of hydrogen-bond acceptors (Lipinski definition) is 5. The van der Waals surface area contributed by atoms with E-state index in [0.29, 0.717) is 44.2 Å². The van der Waals surface area contributed by atoms with Gasteiger partial charge < -0.3 is 19.9 Å². The minimum absolute atomic E-state index is 0.177. The van der Waals surface area contributed by atoms with Gasteiger partial charge in [0.25, 0.3) is 5.91 Å². The van der Waals surface area contributed by atoms with E-state index in [9.17, 15) is 14.4 Å². The second-order valence-electron chi connectivity index (χ2n) is 6.37. The average Bonchev–Trinajstić information content (AvgIpc) is 3.20. The van der Waals surface area contributed by atoms with Crippen LogP contribution in [0.2, 0.25) is 5.02 Å². The smallest absolute Gasteiger partial charge is 0.290 e. The van der Waals surface area contributed by atoms with Gasteiger partial charge in [0.2, 0.25) is 11.7 Å². The highest BCUT2D eigenvalue weighted by molar-refractivity contribution is 6.38. The Bertz CT molecular complexity index is 683. The molecule has 7 nitrogen and oxygen atoms in total. The fraction of sp³-hybridized carbons (Fsp3) is 0.500.